The molecule has 0 aliphatic carbocycles. The third-order valence-electron chi connectivity index (χ3n) is 2.08. The molecule has 0 bridgehead atoms. The Morgan fingerprint density at radius 3 is 2.53 bits per heavy atom. The fourth-order valence-electron chi connectivity index (χ4n) is 1.14. The first-order valence-electron chi connectivity index (χ1n) is 5.13. The van der Waals surface area contributed by atoms with E-state index < -0.39 is 0 Å². The summed E-state index contributed by atoms with van der Waals surface area (Å²) in [5.74, 6) is -0.430. The van der Waals surface area contributed by atoms with Crippen molar-refractivity contribution >= 4 is 11.9 Å². The third kappa shape index (κ3) is 5.88. The van der Waals surface area contributed by atoms with Gasteiger partial charge in [-0.1, -0.05) is 19.9 Å². The number of ether oxygens (including phenoxy) is 1. The van der Waals surface area contributed by atoms with E-state index in [9.17, 15) is 9.59 Å². The highest BCUT2D eigenvalue weighted by Crippen LogP contribution is 1.99. The fraction of sp³-hybridized carbons (Fsp3) is 0.636. The van der Waals surface area contributed by atoms with Crippen molar-refractivity contribution in [2.75, 3.05) is 20.2 Å². The molecule has 1 amide bonds. The zero-order valence-corrected chi connectivity index (χ0v) is 9.49. The number of hydrogen-bond donors (Lipinski definition) is 0. The molecule has 0 heterocycles. The lowest BCUT2D eigenvalue weighted by Crippen LogP contribution is -2.32. The number of unbranched alkanes of at least 4 members (excludes halogenated alkanes) is 1. The summed E-state index contributed by atoms with van der Waals surface area (Å²) in [6, 6.07) is 0. The maximum atomic E-state index is 11.4. The number of carbonyl (C=O) groups excluding carboxylic acids is 2. The molecule has 0 rings (SSSR count). The topological polar surface area (TPSA) is 46.6 Å². The number of hydrogen-bond acceptors (Lipinski definition) is 3. The lowest BCUT2D eigenvalue weighted by molar-refractivity contribution is -0.141. The number of rotatable bonds is 7. The van der Waals surface area contributed by atoms with E-state index in [0.29, 0.717) is 13.1 Å². The van der Waals surface area contributed by atoms with Gasteiger partial charge in [0, 0.05) is 13.1 Å². The van der Waals surface area contributed by atoms with Crippen LogP contribution in [-0.2, 0) is 14.3 Å². The molecule has 0 atom stereocenters. The van der Waals surface area contributed by atoms with Gasteiger partial charge in [0.1, 0.15) is 0 Å². The van der Waals surface area contributed by atoms with Crippen LogP contribution >= 0.6 is 0 Å². The Morgan fingerprint density at radius 1 is 1.40 bits per heavy atom. The van der Waals surface area contributed by atoms with Crippen LogP contribution in [0.2, 0.25) is 0 Å². The quantitative estimate of drug-likeness (QED) is 0.474. The Hall–Kier alpha value is -1.32. The third-order valence-corrected chi connectivity index (χ3v) is 2.08. The molecule has 0 saturated heterocycles. The second-order valence-corrected chi connectivity index (χ2v) is 3.21. The van der Waals surface area contributed by atoms with Gasteiger partial charge in [-0.25, -0.2) is 0 Å². The van der Waals surface area contributed by atoms with E-state index in [4.69, 9.17) is 0 Å². The highest BCUT2D eigenvalue weighted by atomic mass is 16.5. The van der Waals surface area contributed by atoms with Gasteiger partial charge in [-0.2, -0.15) is 0 Å². The summed E-state index contributed by atoms with van der Waals surface area (Å²) < 4.78 is 4.52. The molecule has 0 spiro atoms. The molecular formula is C11H19NO3. The van der Waals surface area contributed by atoms with Gasteiger partial charge in [0.05, 0.1) is 13.5 Å². The van der Waals surface area contributed by atoms with Crippen molar-refractivity contribution < 1.29 is 14.3 Å². The van der Waals surface area contributed by atoms with Gasteiger partial charge in [-0.15, -0.1) is 0 Å². The second-order valence-electron chi connectivity index (χ2n) is 3.21. The van der Waals surface area contributed by atoms with E-state index in [-0.39, 0.29) is 18.3 Å². The number of methoxy groups -OCH3 is 1. The number of carbonyl (C=O) groups is 2. The molecule has 0 saturated carbocycles. The van der Waals surface area contributed by atoms with Crippen molar-refractivity contribution in [3.8, 4) is 0 Å². The largest absolute Gasteiger partial charge is 0.469 e. The zero-order chi connectivity index (χ0) is 11.7. The Bertz CT molecular complexity index is 226. The van der Waals surface area contributed by atoms with E-state index in [0.717, 1.165) is 12.8 Å². The Morgan fingerprint density at radius 2 is 2.07 bits per heavy atom. The van der Waals surface area contributed by atoms with Crippen molar-refractivity contribution in [3.63, 3.8) is 0 Å². The molecule has 4 heteroatoms. The molecule has 0 unspecified atom stereocenters. The SMILES string of the molecule is C=CC(=O)N(CCCC)CCC(=O)OC. The monoisotopic (exact) mass is 213 g/mol. The average Bonchev–Trinajstić information content (AvgIpc) is 2.27. The van der Waals surface area contributed by atoms with Crippen LogP contribution in [0.15, 0.2) is 12.7 Å². The summed E-state index contributed by atoms with van der Waals surface area (Å²) in [4.78, 5) is 23.9. The first-order valence-corrected chi connectivity index (χ1v) is 5.13. The summed E-state index contributed by atoms with van der Waals surface area (Å²) in [5.41, 5.74) is 0. The molecule has 0 fully saturated rings. The molecule has 15 heavy (non-hydrogen) atoms. The van der Waals surface area contributed by atoms with E-state index in [1.807, 2.05) is 0 Å². The predicted molar refractivity (Wildman–Crippen MR) is 58.3 cm³/mol. The molecule has 4 nitrogen and oxygen atoms in total. The first kappa shape index (κ1) is 13.7. The maximum Gasteiger partial charge on any atom is 0.307 e. The van der Waals surface area contributed by atoms with Crippen LogP contribution in [0.4, 0.5) is 0 Å². The van der Waals surface area contributed by atoms with Crippen molar-refractivity contribution in [1.29, 1.82) is 0 Å². The highest BCUT2D eigenvalue weighted by Gasteiger charge is 2.11. The van der Waals surface area contributed by atoms with Gasteiger partial charge in [0.25, 0.3) is 0 Å². The second kappa shape index (κ2) is 8.03. The van der Waals surface area contributed by atoms with Crippen LogP contribution in [-0.4, -0.2) is 37.0 Å². The summed E-state index contributed by atoms with van der Waals surface area (Å²) >= 11 is 0. The van der Waals surface area contributed by atoms with Gasteiger partial charge >= 0.3 is 5.97 Å². The maximum absolute atomic E-state index is 11.4. The van der Waals surface area contributed by atoms with Gasteiger partial charge < -0.3 is 9.64 Å². The van der Waals surface area contributed by atoms with E-state index >= 15 is 0 Å². The average molecular weight is 213 g/mol. The predicted octanol–water partition coefficient (Wildman–Crippen LogP) is 1.36. The lowest BCUT2D eigenvalue weighted by atomic mass is 10.3. The molecule has 0 aromatic carbocycles. The number of nitrogens with zero attached hydrogens (tertiary/aromatic N) is 1. The minimum Gasteiger partial charge on any atom is -0.469 e. The Balaban J connectivity index is 4.06. The molecule has 0 aliphatic heterocycles. The van der Waals surface area contributed by atoms with Gasteiger partial charge in [-0.05, 0) is 12.5 Å². The Kier molecular flexibility index (Phi) is 7.32. The van der Waals surface area contributed by atoms with Gasteiger partial charge in [-0.3, -0.25) is 9.59 Å². The van der Waals surface area contributed by atoms with Crippen LogP contribution in [0, 0.1) is 0 Å². The summed E-state index contributed by atoms with van der Waals surface area (Å²) in [6.07, 6.45) is 3.45. The standard InChI is InChI=1S/C11H19NO3/c1-4-6-8-12(10(13)5-2)9-7-11(14)15-3/h5H,2,4,6-9H2,1,3H3. The van der Waals surface area contributed by atoms with Gasteiger partial charge in [0.15, 0.2) is 0 Å². The van der Waals surface area contributed by atoms with Crippen molar-refractivity contribution in [1.82, 2.24) is 4.90 Å². The first-order chi connectivity index (χ1) is 7.15. The van der Waals surface area contributed by atoms with Crippen molar-refractivity contribution in [3.05, 3.63) is 12.7 Å². The van der Waals surface area contributed by atoms with Crippen molar-refractivity contribution in [2.45, 2.75) is 26.2 Å². The molecule has 0 radical (unpaired) electrons. The molecule has 0 aliphatic rings. The number of amides is 1. The molecular weight excluding hydrogens is 194 g/mol. The summed E-state index contributed by atoms with van der Waals surface area (Å²) in [5, 5.41) is 0. The Labute approximate surface area is 90.9 Å². The summed E-state index contributed by atoms with van der Waals surface area (Å²) in [7, 11) is 1.34. The van der Waals surface area contributed by atoms with Crippen LogP contribution in [0.5, 0.6) is 0 Å². The van der Waals surface area contributed by atoms with Crippen molar-refractivity contribution in [2.24, 2.45) is 0 Å². The van der Waals surface area contributed by atoms with Crippen LogP contribution in [0.3, 0.4) is 0 Å². The molecule has 0 aromatic heterocycles. The minimum absolute atomic E-state index is 0.132. The van der Waals surface area contributed by atoms with E-state index in [1.165, 1.54) is 13.2 Å². The van der Waals surface area contributed by atoms with Crippen LogP contribution < -0.4 is 0 Å². The van der Waals surface area contributed by atoms with Crippen LogP contribution in [0.1, 0.15) is 26.2 Å². The smallest absolute Gasteiger partial charge is 0.307 e. The molecule has 0 N–H and O–H groups in total. The lowest BCUT2D eigenvalue weighted by Gasteiger charge is -2.20. The minimum atomic E-state index is -0.298. The zero-order valence-electron chi connectivity index (χ0n) is 9.49. The highest BCUT2D eigenvalue weighted by molar-refractivity contribution is 5.87. The van der Waals surface area contributed by atoms with E-state index in [1.54, 1.807) is 4.90 Å². The van der Waals surface area contributed by atoms with E-state index in [2.05, 4.69) is 18.2 Å². The van der Waals surface area contributed by atoms with Crippen LogP contribution in [0.25, 0.3) is 0 Å². The fourth-order valence-corrected chi connectivity index (χ4v) is 1.14. The van der Waals surface area contributed by atoms with Gasteiger partial charge in [0.2, 0.25) is 5.91 Å². The molecule has 86 valence electrons. The normalized spacial score (nSPS) is 9.47. The molecule has 0 aromatic rings. The summed E-state index contributed by atoms with van der Waals surface area (Å²) in [6.45, 7) is 6.55. The number of esters is 1.